The lowest BCUT2D eigenvalue weighted by Crippen LogP contribution is -2.37. The first-order valence-corrected chi connectivity index (χ1v) is 9.76. The van der Waals surface area contributed by atoms with Crippen molar-refractivity contribution in [3.8, 4) is 5.75 Å². The van der Waals surface area contributed by atoms with Crippen molar-refractivity contribution in [1.29, 1.82) is 0 Å². The first kappa shape index (κ1) is 18.6. The van der Waals surface area contributed by atoms with Crippen molar-refractivity contribution in [2.75, 3.05) is 25.1 Å². The third-order valence-electron chi connectivity index (χ3n) is 5.20. The van der Waals surface area contributed by atoms with Gasteiger partial charge in [-0.25, -0.2) is 4.90 Å². The van der Waals surface area contributed by atoms with Crippen LogP contribution in [0.3, 0.4) is 0 Å². The molecule has 4 rings (SSSR count). The summed E-state index contributed by atoms with van der Waals surface area (Å²) in [7, 11) is 1.59. The maximum atomic E-state index is 13.4. The summed E-state index contributed by atoms with van der Waals surface area (Å²) in [6.45, 7) is 1.54. The van der Waals surface area contributed by atoms with Gasteiger partial charge < -0.3 is 9.64 Å². The van der Waals surface area contributed by atoms with E-state index in [1.54, 1.807) is 43.5 Å². The molecule has 6 heteroatoms. The van der Waals surface area contributed by atoms with Crippen molar-refractivity contribution >= 4 is 34.7 Å². The normalized spacial score (nSPS) is 17.5. The highest BCUT2D eigenvalue weighted by molar-refractivity contribution is 6.47. The molecule has 28 heavy (non-hydrogen) atoms. The monoisotopic (exact) mass is 396 g/mol. The Kier molecular flexibility index (Phi) is 5.09. The van der Waals surface area contributed by atoms with Crippen molar-refractivity contribution in [2.24, 2.45) is 0 Å². The molecule has 2 aromatic carbocycles. The van der Waals surface area contributed by atoms with Crippen molar-refractivity contribution in [3.05, 3.63) is 64.8 Å². The fourth-order valence-corrected chi connectivity index (χ4v) is 4.02. The lowest BCUT2D eigenvalue weighted by atomic mass is 10.0. The fourth-order valence-electron chi connectivity index (χ4n) is 3.80. The number of carbonyl (C=O) groups excluding carboxylic acids is 2. The third-order valence-corrected chi connectivity index (χ3v) is 5.52. The van der Waals surface area contributed by atoms with E-state index >= 15 is 0 Å². The van der Waals surface area contributed by atoms with Crippen LogP contribution in [0.25, 0.3) is 5.57 Å². The second kappa shape index (κ2) is 7.68. The predicted molar refractivity (Wildman–Crippen MR) is 109 cm³/mol. The average Bonchev–Trinajstić information content (AvgIpc) is 2.99. The second-order valence-corrected chi connectivity index (χ2v) is 7.30. The first-order valence-electron chi connectivity index (χ1n) is 9.39. The second-order valence-electron chi connectivity index (χ2n) is 6.90. The summed E-state index contributed by atoms with van der Waals surface area (Å²) < 4.78 is 5.22. The van der Waals surface area contributed by atoms with Gasteiger partial charge in [0.25, 0.3) is 11.8 Å². The predicted octanol–water partition coefficient (Wildman–Crippen LogP) is 4.12. The van der Waals surface area contributed by atoms with E-state index in [1.807, 2.05) is 17.0 Å². The average molecular weight is 397 g/mol. The summed E-state index contributed by atoms with van der Waals surface area (Å²) in [6, 6.07) is 14.2. The Morgan fingerprint density at radius 2 is 1.57 bits per heavy atom. The van der Waals surface area contributed by atoms with Gasteiger partial charge in [0.2, 0.25) is 0 Å². The van der Waals surface area contributed by atoms with Crippen LogP contribution in [0.4, 0.5) is 5.69 Å². The molecule has 2 aliphatic rings. The minimum Gasteiger partial charge on any atom is -0.497 e. The van der Waals surface area contributed by atoms with Gasteiger partial charge >= 0.3 is 0 Å². The summed E-state index contributed by atoms with van der Waals surface area (Å²) >= 11 is 6.31. The minimum absolute atomic E-state index is 0.314. The van der Waals surface area contributed by atoms with Crippen LogP contribution in [0.15, 0.2) is 54.2 Å². The number of amides is 2. The zero-order chi connectivity index (χ0) is 19.7. The van der Waals surface area contributed by atoms with Gasteiger partial charge in [0.05, 0.1) is 23.4 Å². The Morgan fingerprint density at radius 3 is 2.21 bits per heavy atom. The van der Waals surface area contributed by atoms with Gasteiger partial charge in [-0.3, -0.25) is 9.59 Å². The number of ether oxygens (including phenoxy) is 1. The van der Waals surface area contributed by atoms with Crippen LogP contribution in [0.2, 0.25) is 5.02 Å². The highest BCUT2D eigenvalue weighted by Gasteiger charge is 2.43. The Bertz CT molecular complexity index is 947. The molecule has 0 bridgehead atoms. The molecule has 5 nitrogen and oxygen atoms in total. The lowest BCUT2D eigenvalue weighted by Gasteiger charge is -2.29. The fraction of sp³-hybridized carbons (Fsp3) is 0.273. The minimum atomic E-state index is -0.344. The number of benzene rings is 2. The van der Waals surface area contributed by atoms with E-state index in [-0.39, 0.29) is 11.8 Å². The van der Waals surface area contributed by atoms with Crippen molar-refractivity contribution in [2.45, 2.75) is 19.3 Å². The van der Waals surface area contributed by atoms with Gasteiger partial charge in [-0.2, -0.15) is 0 Å². The Labute approximate surface area is 169 Å². The van der Waals surface area contributed by atoms with Gasteiger partial charge in [-0.05, 0) is 49.1 Å². The maximum absolute atomic E-state index is 13.4. The number of hydrogen-bond acceptors (Lipinski definition) is 4. The van der Waals surface area contributed by atoms with Gasteiger partial charge in [0, 0.05) is 13.1 Å². The molecule has 0 unspecified atom stereocenters. The van der Waals surface area contributed by atoms with E-state index in [4.69, 9.17) is 16.3 Å². The molecule has 0 aliphatic carbocycles. The number of rotatable bonds is 4. The molecule has 2 amide bonds. The van der Waals surface area contributed by atoms with E-state index in [0.29, 0.717) is 33.3 Å². The quantitative estimate of drug-likeness (QED) is 0.729. The number of halogens is 1. The van der Waals surface area contributed by atoms with Crippen molar-refractivity contribution < 1.29 is 14.3 Å². The largest absolute Gasteiger partial charge is 0.497 e. The number of para-hydroxylation sites is 1. The number of hydrogen-bond donors (Lipinski definition) is 0. The number of imide groups is 1. The van der Waals surface area contributed by atoms with Crippen molar-refractivity contribution in [3.63, 3.8) is 0 Å². The first-order chi connectivity index (χ1) is 13.6. The summed E-state index contributed by atoms with van der Waals surface area (Å²) in [5, 5.41) is 0.373. The third kappa shape index (κ3) is 3.16. The van der Waals surface area contributed by atoms with Gasteiger partial charge in [0.15, 0.2) is 0 Å². The number of anilines is 1. The maximum Gasteiger partial charge on any atom is 0.282 e. The molecule has 0 spiro atoms. The van der Waals surface area contributed by atoms with Crippen LogP contribution in [0.1, 0.15) is 24.8 Å². The summed E-state index contributed by atoms with van der Waals surface area (Å²) in [5.74, 6) is 0.0401. The van der Waals surface area contributed by atoms with Crippen LogP contribution < -0.4 is 9.64 Å². The highest BCUT2D eigenvalue weighted by Crippen LogP contribution is 2.38. The molecule has 2 aliphatic heterocycles. The number of likely N-dealkylation sites (tertiary alicyclic amines) is 1. The Morgan fingerprint density at radius 1 is 0.893 bits per heavy atom. The Hall–Kier alpha value is -2.79. The lowest BCUT2D eigenvalue weighted by molar-refractivity contribution is -0.120. The summed E-state index contributed by atoms with van der Waals surface area (Å²) in [6.07, 6.45) is 3.15. The molecule has 0 N–H and O–H groups in total. The standard InChI is InChI=1S/C22H21ClN2O3/c1-28-16-11-9-15(10-12-16)19-20(24-13-5-2-6-14-24)22(27)25(21(19)26)18-8-4-3-7-17(18)23/h3-4,7-12H,2,5-6,13-14H2,1H3. The van der Waals surface area contributed by atoms with Gasteiger partial charge in [-0.1, -0.05) is 35.9 Å². The molecule has 2 heterocycles. The Balaban J connectivity index is 1.83. The number of nitrogens with zero attached hydrogens (tertiary/aromatic N) is 2. The molecule has 0 radical (unpaired) electrons. The molecule has 0 atom stereocenters. The van der Waals surface area contributed by atoms with Gasteiger partial charge in [-0.15, -0.1) is 0 Å². The molecular weight excluding hydrogens is 376 g/mol. The molecule has 2 aromatic rings. The van der Waals surface area contributed by atoms with E-state index in [2.05, 4.69) is 0 Å². The zero-order valence-corrected chi connectivity index (χ0v) is 16.4. The van der Waals surface area contributed by atoms with Crippen LogP contribution in [-0.2, 0) is 9.59 Å². The van der Waals surface area contributed by atoms with E-state index in [1.165, 1.54) is 4.90 Å². The molecule has 0 saturated carbocycles. The summed E-state index contributed by atoms with van der Waals surface area (Å²) in [4.78, 5) is 30.0. The zero-order valence-electron chi connectivity index (χ0n) is 15.7. The molecule has 1 fully saturated rings. The van der Waals surface area contributed by atoms with Crippen LogP contribution in [0.5, 0.6) is 5.75 Å². The van der Waals surface area contributed by atoms with Crippen molar-refractivity contribution in [1.82, 2.24) is 4.90 Å². The SMILES string of the molecule is COc1ccc(C2=C(N3CCCCC3)C(=O)N(c3ccccc3Cl)C2=O)cc1. The topological polar surface area (TPSA) is 49.9 Å². The number of methoxy groups -OCH3 is 1. The summed E-state index contributed by atoms with van der Waals surface area (Å²) in [5.41, 5.74) is 2.01. The number of carbonyl (C=O) groups is 2. The molecular formula is C22H21ClN2O3. The van der Waals surface area contributed by atoms with Gasteiger partial charge in [0.1, 0.15) is 11.4 Å². The van der Waals surface area contributed by atoms with E-state index in [0.717, 1.165) is 32.4 Å². The van der Waals surface area contributed by atoms with Crippen LogP contribution >= 0.6 is 11.6 Å². The van der Waals surface area contributed by atoms with E-state index in [9.17, 15) is 9.59 Å². The van der Waals surface area contributed by atoms with Crippen LogP contribution in [0, 0.1) is 0 Å². The number of piperidine rings is 1. The molecule has 1 saturated heterocycles. The van der Waals surface area contributed by atoms with E-state index < -0.39 is 0 Å². The highest BCUT2D eigenvalue weighted by atomic mass is 35.5. The smallest absolute Gasteiger partial charge is 0.282 e. The van der Waals surface area contributed by atoms with Crippen LogP contribution in [-0.4, -0.2) is 36.9 Å². The molecule has 0 aromatic heterocycles. The molecule has 144 valence electrons.